The zero-order valence-corrected chi connectivity index (χ0v) is 12.5. The first kappa shape index (κ1) is 15.4. The monoisotopic (exact) mass is 325 g/mol. The standard InChI is InChI=1S/C14H14F3N5O/c1-8-19-9(2)22(20-8)10-6-21(7-10)13(23)12-11(14(15,16)17)4-3-5-18-12/h3-5,10H,6-7H2,1-2H3. The molecule has 1 fully saturated rings. The molecule has 0 atom stereocenters. The van der Waals surface area contributed by atoms with Gasteiger partial charge < -0.3 is 4.90 Å². The van der Waals surface area contributed by atoms with Crippen molar-refractivity contribution in [2.24, 2.45) is 0 Å². The van der Waals surface area contributed by atoms with Gasteiger partial charge in [0.15, 0.2) is 0 Å². The smallest absolute Gasteiger partial charge is 0.333 e. The number of rotatable bonds is 2. The first-order valence-electron chi connectivity index (χ1n) is 6.98. The third kappa shape index (κ3) is 2.78. The maximum atomic E-state index is 13.0. The number of hydrogen-bond donors (Lipinski definition) is 0. The summed E-state index contributed by atoms with van der Waals surface area (Å²) in [6.07, 6.45) is -3.42. The summed E-state index contributed by atoms with van der Waals surface area (Å²) in [6.45, 7) is 4.13. The maximum absolute atomic E-state index is 13.0. The third-order valence-corrected chi connectivity index (χ3v) is 3.72. The van der Waals surface area contributed by atoms with Crippen LogP contribution in [-0.4, -0.2) is 43.6 Å². The minimum atomic E-state index is -4.61. The average Bonchev–Trinajstić information content (AvgIpc) is 2.75. The first-order valence-corrected chi connectivity index (χ1v) is 6.98. The van der Waals surface area contributed by atoms with E-state index in [0.29, 0.717) is 11.6 Å². The van der Waals surface area contributed by atoms with Gasteiger partial charge in [-0.3, -0.25) is 9.78 Å². The Morgan fingerprint density at radius 3 is 2.57 bits per heavy atom. The van der Waals surface area contributed by atoms with Gasteiger partial charge in [0.05, 0.1) is 11.6 Å². The van der Waals surface area contributed by atoms with E-state index in [0.717, 1.165) is 6.07 Å². The summed E-state index contributed by atoms with van der Waals surface area (Å²) < 4.78 is 40.6. The van der Waals surface area contributed by atoms with Gasteiger partial charge in [-0.15, -0.1) is 0 Å². The molecule has 0 aromatic carbocycles. The summed E-state index contributed by atoms with van der Waals surface area (Å²) in [7, 11) is 0. The molecule has 1 aliphatic heterocycles. The molecule has 6 nitrogen and oxygen atoms in total. The van der Waals surface area contributed by atoms with Gasteiger partial charge in [0, 0.05) is 19.3 Å². The van der Waals surface area contributed by atoms with Crippen LogP contribution in [0.15, 0.2) is 18.3 Å². The van der Waals surface area contributed by atoms with E-state index in [9.17, 15) is 18.0 Å². The number of likely N-dealkylation sites (tertiary alicyclic amines) is 1. The van der Waals surface area contributed by atoms with E-state index in [4.69, 9.17) is 0 Å². The van der Waals surface area contributed by atoms with E-state index >= 15 is 0 Å². The summed E-state index contributed by atoms with van der Waals surface area (Å²) in [4.78, 5) is 21.4. The van der Waals surface area contributed by atoms with Crippen molar-refractivity contribution in [1.29, 1.82) is 0 Å². The Hall–Kier alpha value is -2.45. The summed E-state index contributed by atoms with van der Waals surface area (Å²) in [5, 5.41) is 4.23. The molecule has 2 aromatic rings. The van der Waals surface area contributed by atoms with E-state index in [-0.39, 0.29) is 19.1 Å². The number of hydrogen-bond acceptors (Lipinski definition) is 4. The summed E-state index contributed by atoms with van der Waals surface area (Å²) in [5.74, 6) is 0.619. The second-order valence-electron chi connectivity index (χ2n) is 5.41. The van der Waals surface area contributed by atoms with E-state index < -0.39 is 23.3 Å². The van der Waals surface area contributed by atoms with Crippen LogP contribution in [0.5, 0.6) is 0 Å². The normalized spacial score (nSPS) is 15.6. The molecule has 122 valence electrons. The Morgan fingerprint density at radius 1 is 1.30 bits per heavy atom. The van der Waals surface area contributed by atoms with Crippen LogP contribution in [0.1, 0.15) is 33.7 Å². The van der Waals surface area contributed by atoms with Crippen molar-refractivity contribution in [3.63, 3.8) is 0 Å². The SMILES string of the molecule is Cc1nc(C)n(C2CN(C(=O)c3ncccc3C(F)(F)F)C2)n1. The Balaban J connectivity index is 1.76. The van der Waals surface area contributed by atoms with Gasteiger partial charge in [0.25, 0.3) is 5.91 Å². The van der Waals surface area contributed by atoms with Crippen molar-refractivity contribution >= 4 is 5.91 Å². The highest BCUT2D eigenvalue weighted by atomic mass is 19.4. The van der Waals surface area contributed by atoms with Crippen molar-refractivity contribution in [3.05, 3.63) is 41.2 Å². The largest absolute Gasteiger partial charge is 0.418 e. The Labute approximate surface area is 130 Å². The number of aryl methyl sites for hydroxylation is 2. The first-order chi connectivity index (χ1) is 10.8. The molecule has 1 aliphatic rings. The van der Waals surface area contributed by atoms with Gasteiger partial charge in [-0.2, -0.15) is 18.3 Å². The maximum Gasteiger partial charge on any atom is 0.418 e. The van der Waals surface area contributed by atoms with Gasteiger partial charge in [-0.05, 0) is 26.0 Å². The lowest BCUT2D eigenvalue weighted by atomic mass is 10.1. The van der Waals surface area contributed by atoms with Crippen molar-refractivity contribution in [3.8, 4) is 0 Å². The number of pyridine rings is 1. The van der Waals surface area contributed by atoms with Crippen molar-refractivity contribution < 1.29 is 18.0 Å². The fourth-order valence-corrected chi connectivity index (χ4v) is 2.61. The number of nitrogens with zero attached hydrogens (tertiary/aromatic N) is 5. The van der Waals surface area contributed by atoms with E-state index in [2.05, 4.69) is 15.1 Å². The summed E-state index contributed by atoms with van der Waals surface area (Å²) in [5.41, 5.74) is -1.58. The molecular weight excluding hydrogens is 311 g/mol. The van der Waals surface area contributed by atoms with Crippen LogP contribution in [0.2, 0.25) is 0 Å². The second-order valence-corrected chi connectivity index (χ2v) is 5.41. The molecule has 3 rings (SSSR count). The lowest BCUT2D eigenvalue weighted by Gasteiger charge is -2.39. The molecule has 23 heavy (non-hydrogen) atoms. The predicted molar refractivity (Wildman–Crippen MR) is 73.7 cm³/mol. The van der Waals surface area contributed by atoms with Gasteiger partial charge in [0.2, 0.25) is 0 Å². The van der Waals surface area contributed by atoms with Crippen LogP contribution >= 0.6 is 0 Å². The lowest BCUT2D eigenvalue weighted by Crippen LogP contribution is -2.51. The molecule has 2 aromatic heterocycles. The molecule has 1 amide bonds. The lowest BCUT2D eigenvalue weighted by molar-refractivity contribution is -0.138. The van der Waals surface area contributed by atoms with Crippen molar-refractivity contribution in [2.45, 2.75) is 26.1 Å². The predicted octanol–water partition coefficient (Wildman–Crippen LogP) is 2.01. The van der Waals surface area contributed by atoms with Gasteiger partial charge in [0.1, 0.15) is 17.3 Å². The minimum Gasteiger partial charge on any atom is -0.333 e. The van der Waals surface area contributed by atoms with Crippen LogP contribution in [-0.2, 0) is 6.18 Å². The number of carbonyl (C=O) groups excluding carboxylic acids is 1. The number of amides is 1. The number of carbonyl (C=O) groups is 1. The van der Waals surface area contributed by atoms with Crippen LogP contribution < -0.4 is 0 Å². The molecule has 0 radical (unpaired) electrons. The van der Waals surface area contributed by atoms with E-state index in [1.165, 1.54) is 17.2 Å². The zero-order valence-electron chi connectivity index (χ0n) is 12.5. The second kappa shape index (κ2) is 5.32. The van der Waals surface area contributed by atoms with E-state index in [1.807, 2.05) is 0 Å². The fraction of sp³-hybridized carbons (Fsp3) is 0.429. The molecule has 9 heteroatoms. The Kier molecular flexibility index (Phi) is 3.57. The highest BCUT2D eigenvalue weighted by molar-refractivity contribution is 5.94. The molecule has 0 bridgehead atoms. The van der Waals surface area contributed by atoms with Crippen LogP contribution in [0.4, 0.5) is 13.2 Å². The topological polar surface area (TPSA) is 63.9 Å². The Bertz CT molecular complexity index is 749. The molecule has 0 spiro atoms. The Morgan fingerprint density at radius 2 is 2.00 bits per heavy atom. The molecular formula is C14H14F3N5O. The molecule has 1 saturated heterocycles. The van der Waals surface area contributed by atoms with Crippen LogP contribution in [0.3, 0.4) is 0 Å². The van der Waals surface area contributed by atoms with Crippen molar-refractivity contribution in [1.82, 2.24) is 24.6 Å². The molecule has 0 N–H and O–H groups in total. The number of alkyl halides is 3. The van der Waals surface area contributed by atoms with Crippen LogP contribution in [0.25, 0.3) is 0 Å². The summed E-state index contributed by atoms with van der Waals surface area (Å²) >= 11 is 0. The van der Waals surface area contributed by atoms with Gasteiger partial charge in [-0.1, -0.05) is 0 Å². The quantitative estimate of drug-likeness (QED) is 0.847. The number of aromatic nitrogens is 4. The number of halogens is 3. The van der Waals surface area contributed by atoms with Crippen LogP contribution in [0, 0.1) is 13.8 Å². The minimum absolute atomic E-state index is 0.0711. The molecule has 0 unspecified atom stereocenters. The fourth-order valence-electron chi connectivity index (χ4n) is 2.61. The third-order valence-electron chi connectivity index (χ3n) is 3.72. The molecule has 0 aliphatic carbocycles. The molecule has 3 heterocycles. The average molecular weight is 325 g/mol. The van der Waals surface area contributed by atoms with Crippen molar-refractivity contribution in [2.75, 3.05) is 13.1 Å². The van der Waals surface area contributed by atoms with E-state index in [1.54, 1.807) is 18.5 Å². The summed E-state index contributed by atoms with van der Waals surface area (Å²) in [6, 6.07) is 1.96. The highest BCUT2D eigenvalue weighted by Crippen LogP contribution is 2.32. The van der Waals surface area contributed by atoms with Gasteiger partial charge in [-0.25, -0.2) is 9.67 Å². The highest BCUT2D eigenvalue weighted by Gasteiger charge is 2.40. The zero-order chi connectivity index (χ0) is 16.8. The molecule has 0 saturated carbocycles. The van der Waals surface area contributed by atoms with Gasteiger partial charge >= 0.3 is 6.18 Å².